The number of aliphatic carboxylic acids is 1. The number of aryl methyl sites for hydroxylation is 1. The summed E-state index contributed by atoms with van der Waals surface area (Å²) in [6, 6.07) is 8.93. The zero-order valence-electron chi connectivity index (χ0n) is 20.9. The average molecular weight is 502 g/mol. The molecule has 0 bridgehead atoms. The summed E-state index contributed by atoms with van der Waals surface area (Å²) >= 11 is 0. The highest BCUT2D eigenvalue weighted by atomic mass is 19.1. The van der Waals surface area contributed by atoms with Gasteiger partial charge in [0.2, 0.25) is 0 Å². The quantitative estimate of drug-likeness (QED) is 0.532. The molecule has 6 rings (SSSR count). The smallest absolute Gasteiger partial charge is 0.307 e. The highest BCUT2D eigenvalue weighted by Gasteiger charge is 2.33. The minimum Gasteiger partial charge on any atom is -0.493 e. The Hall–Kier alpha value is -3.87. The summed E-state index contributed by atoms with van der Waals surface area (Å²) in [5, 5.41) is 9.72. The number of carbonyl (C=O) groups is 2. The first-order chi connectivity index (χ1) is 17.8. The largest absolute Gasteiger partial charge is 0.493 e. The number of benzene rings is 3. The van der Waals surface area contributed by atoms with Crippen LogP contribution in [0.15, 0.2) is 30.3 Å². The van der Waals surface area contributed by atoms with E-state index < -0.39 is 11.8 Å². The Kier molecular flexibility index (Phi) is 5.66. The van der Waals surface area contributed by atoms with Crippen molar-refractivity contribution in [1.82, 2.24) is 0 Å². The molecule has 1 N–H and O–H groups in total. The third kappa shape index (κ3) is 3.84. The van der Waals surface area contributed by atoms with Crippen LogP contribution in [-0.2, 0) is 30.5 Å². The van der Waals surface area contributed by atoms with Gasteiger partial charge in [0.25, 0.3) is 5.91 Å². The molecule has 3 aromatic rings. The lowest BCUT2D eigenvalue weighted by molar-refractivity contribution is -0.136. The molecule has 0 saturated carbocycles. The van der Waals surface area contributed by atoms with Crippen molar-refractivity contribution in [2.75, 3.05) is 24.7 Å². The maximum absolute atomic E-state index is 15.3. The normalized spacial score (nSPS) is 15.5. The summed E-state index contributed by atoms with van der Waals surface area (Å²) in [6.07, 6.45) is 2.68. The van der Waals surface area contributed by atoms with E-state index in [1.807, 2.05) is 32.0 Å². The van der Waals surface area contributed by atoms with Crippen LogP contribution in [-0.4, -0.2) is 36.7 Å². The number of fused-ring (bicyclic) bond motifs is 3. The second-order valence-electron chi connectivity index (χ2n) is 10.0. The molecule has 1 amide bonds. The molecule has 0 atom stereocenters. The Balaban J connectivity index is 1.51. The van der Waals surface area contributed by atoms with Crippen LogP contribution in [0.3, 0.4) is 0 Å². The number of carboxylic acids is 1. The fourth-order valence-corrected chi connectivity index (χ4v) is 6.03. The van der Waals surface area contributed by atoms with E-state index in [-0.39, 0.29) is 12.3 Å². The van der Waals surface area contributed by atoms with E-state index in [4.69, 9.17) is 9.47 Å². The van der Waals surface area contributed by atoms with Gasteiger partial charge in [0.1, 0.15) is 5.75 Å². The standard InChI is InChI=1S/C30H28FNO5/c1-16-12-25-21(7-9-32(25)30(35)19-5-6-26-18(13-19)8-11-36-26)28(22(16)15-27(33)34)23-14-24(31)29-20(17(23)2)4-3-10-37-29/h5-6,12-14H,3-4,7-11,15H2,1-2H3,(H,33,34). The van der Waals surface area contributed by atoms with E-state index in [1.165, 1.54) is 6.07 Å². The van der Waals surface area contributed by atoms with Crippen LogP contribution >= 0.6 is 0 Å². The molecule has 3 heterocycles. The Bertz CT molecular complexity index is 1480. The lowest BCUT2D eigenvalue weighted by Gasteiger charge is -2.25. The van der Waals surface area contributed by atoms with Gasteiger partial charge < -0.3 is 19.5 Å². The van der Waals surface area contributed by atoms with E-state index in [2.05, 4.69) is 0 Å². The first-order valence-corrected chi connectivity index (χ1v) is 12.7. The van der Waals surface area contributed by atoms with E-state index in [0.717, 1.165) is 57.7 Å². The van der Waals surface area contributed by atoms with Crippen LogP contribution in [0.1, 0.15) is 50.2 Å². The van der Waals surface area contributed by atoms with Crippen LogP contribution in [0, 0.1) is 19.7 Å². The number of nitrogens with zero attached hydrogens (tertiary/aromatic N) is 1. The maximum Gasteiger partial charge on any atom is 0.307 e. The fourth-order valence-electron chi connectivity index (χ4n) is 6.03. The highest BCUT2D eigenvalue weighted by molar-refractivity contribution is 6.08. The Morgan fingerprint density at radius 3 is 2.68 bits per heavy atom. The number of ether oxygens (including phenoxy) is 2. The number of carbonyl (C=O) groups excluding carboxylic acids is 1. The number of anilines is 1. The third-order valence-electron chi connectivity index (χ3n) is 7.83. The lowest BCUT2D eigenvalue weighted by atomic mass is 9.84. The van der Waals surface area contributed by atoms with Gasteiger partial charge in [0.15, 0.2) is 11.6 Å². The monoisotopic (exact) mass is 501 g/mol. The van der Waals surface area contributed by atoms with E-state index >= 15 is 4.39 Å². The predicted molar refractivity (Wildman–Crippen MR) is 137 cm³/mol. The highest BCUT2D eigenvalue weighted by Crippen LogP contribution is 2.45. The molecule has 190 valence electrons. The van der Waals surface area contributed by atoms with Crippen molar-refractivity contribution in [2.45, 2.75) is 46.0 Å². The van der Waals surface area contributed by atoms with Gasteiger partial charge >= 0.3 is 5.97 Å². The molecule has 0 spiro atoms. The second-order valence-corrected chi connectivity index (χ2v) is 10.0. The average Bonchev–Trinajstić information content (AvgIpc) is 3.53. The van der Waals surface area contributed by atoms with Crippen LogP contribution in [0.5, 0.6) is 11.5 Å². The number of halogens is 1. The number of hydrogen-bond acceptors (Lipinski definition) is 4. The lowest BCUT2D eigenvalue weighted by Crippen LogP contribution is -2.29. The van der Waals surface area contributed by atoms with Crippen molar-refractivity contribution < 1.29 is 28.6 Å². The van der Waals surface area contributed by atoms with Gasteiger partial charge in [0.05, 0.1) is 19.6 Å². The van der Waals surface area contributed by atoms with Crippen molar-refractivity contribution >= 4 is 17.6 Å². The van der Waals surface area contributed by atoms with Crippen molar-refractivity contribution in [3.63, 3.8) is 0 Å². The minimum atomic E-state index is -0.949. The van der Waals surface area contributed by atoms with E-state index in [1.54, 1.807) is 11.0 Å². The first-order valence-electron chi connectivity index (χ1n) is 12.7. The number of rotatable bonds is 4. The molecule has 0 aromatic heterocycles. The van der Waals surface area contributed by atoms with Crippen molar-refractivity contribution in [2.24, 2.45) is 0 Å². The molecule has 0 aliphatic carbocycles. The van der Waals surface area contributed by atoms with Crippen molar-refractivity contribution in [3.8, 4) is 22.6 Å². The molecule has 0 saturated heterocycles. The van der Waals surface area contributed by atoms with Crippen molar-refractivity contribution in [3.05, 3.63) is 75.1 Å². The van der Waals surface area contributed by atoms with Gasteiger partial charge in [-0.1, -0.05) is 0 Å². The van der Waals surface area contributed by atoms with Gasteiger partial charge in [-0.3, -0.25) is 9.59 Å². The second kappa shape index (κ2) is 8.91. The third-order valence-corrected chi connectivity index (χ3v) is 7.83. The summed E-state index contributed by atoms with van der Waals surface area (Å²) < 4.78 is 26.5. The number of hydrogen-bond donors (Lipinski definition) is 1. The molecule has 0 fully saturated rings. The maximum atomic E-state index is 15.3. The Morgan fingerprint density at radius 1 is 1.03 bits per heavy atom. The SMILES string of the molecule is Cc1cc2c(c(-c3cc(F)c4c(c3C)CCCO4)c1CC(=O)O)CCN2C(=O)c1ccc2c(c1)CCO2. The van der Waals surface area contributed by atoms with Gasteiger partial charge in [-0.15, -0.1) is 0 Å². The topological polar surface area (TPSA) is 76.1 Å². The molecule has 3 aromatic carbocycles. The molecule has 0 unspecified atom stereocenters. The van der Waals surface area contributed by atoms with Gasteiger partial charge in [-0.2, -0.15) is 0 Å². The molecule has 3 aliphatic heterocycles. The molecule has 3 aliphatic rings. The Labute approximate surface area is 214 Å². The molecule has 7 heteroatoms. The zero-order valence-corrected chi connectivity index (χ0v) is 20.9. The molecule has 0 radical (unpaired) electrons. The molecule has 37 heavy (non-hydrogen) atoms. The predicted octanol–water partition coefficient (Wildman–Crippen LogP) is 5.20. The van der Waals surface area contributed by atoms with Crippen molar-refractivity contribution in [1.29, 1.82) is 0 Å². The zero-order chi connectivity index (χ0) is 25.8. The minimum absolute atomic E-state index is 0.105. The molecular formula is C30H28FNO5. The van der Waals surface area contributed by atoms with Crippen LogP contribution in [0.25, 0.3) is 11.1 Å². The summed E-state index contributed by atoms with van der Waals surface area (Å²) in [5.74, 6) is -0.364. The fraction of sp³-hybridized carbons (Fsp3) is 0.333. The van der Waals surface area contributed by atoms with Gasteiger partial charge in [0, 0.05) is 29.8 Å². The summed E-state index contributed by atoms with van der Waals surface area (Å²) in [5.41, 5.74) is 7.86. The number of carboxylic acid groups (broad SMARTS) is 1. The summed E-state index contributed by atoms with van der Waals surface area (Å²) in [6.45, 7) is 5.39. The summed E-state index contributed by atoms with van der Waals surface area (Å²) in [7, 11) is 0. The first kappa shape index (κ1) is 23.5. The van der Waals surface area contributed by atoms with E-state index in [0.29, 0.717) is 55.0 Å². The Morgan fingerprint density at radius 2 is 1.86 bits per heavy atom. The summed E-state index contributed by atoms with van der Waals surface area (Å²) in [4.78, 5) is 27.3. The molecule has 6 nitrogen and oxygen atoms in total. The molecular weight excluding hydrogens is 473 g/mol. The van der Waals surface area contributed by atoms with Gasteiger partial charge in [-0.25, -0.2) is 4.39 Å². The van der Waals surface area contributed by atoms with Crippen LogP contribution in [0.4, 0.5) is 10.1 Å². The van der Waals surface area contributed by atoms with Crippen LogP contribution < -0.4 is 14.4 Å². The van der Waals surface area contributed by atoms with E-state index in [9.17, 15) is 14.7 Å². The van der Waals surface area contributed by atoms with Crippen LogP contribution in [0.2, 0.25) is 0 Å². The number of amides is 1. The van der Waals surface area contributed by atoms with Gasteiger partial charge in [-0.05, 0) is 102 Å².